The first-order valence-corrected chi connectivity index (χ1v) is 5.47. The lowest BCUT2D eigenvalue weighted by atomic mass is 10.00. The van der Waals surface area contributed by atoms with Gasteiger partial charge in [0.05, 0.1) is 0 Å². The third-order valence-electron chi connectivity index (χ3n) is 2.21. The van der Waals surface area contributed by atoms with Crippen molar-refractivity contribution in [2.24, 2.45) is 10.6 Å². The second-order valence-electron chi connectivity index (χ2n) is 4.98. The molecule has 1 aliphatic rings. The summed E-state index contributed by atoms with van der Waals surface area (Å²) in [6.45, 7) is 10.5. The molecule has 0 N–H and O–H groups in total. The van der Waals surface area contributed by atoms with Crippen LogP contribution in [0.1, 0.15) is 33.6 Å². The smallest absolute Gasteiger partial charge is 0.129 e. The molecule has 0 aromatic rings. The molecule has 1 fully saturated rings. The maximum absolute atomic E-state index is 5.20. The monoisotopic (exact) mass is 198 g/mol. The number of likely N-dealkylation sites (tertiary alicyclic amines) is 1. The molecule has 3 nitrogen and oxygen atoms in total. The van der Waals surface area contributed by atoms with Gasteiger partial charge in [-0.2, -0.15) is 0 Å². The molecular formula is C11H22N2O. The van der Waals surface area contributed by atoms with E-state index in [1.165, 1.54) is 25.9 Å². The molecule has 0 bridgehead atoms. The molecule has 0 unspecified atom stereocenters. The Hall–Kier alpha value is -0.570. The van der Waals surface area contributed by atoms with Gasteiger partial charge in [0.25, 0.3) is 0 Å². The van der Waals surface area contributed by atoms with Crippen LogP contribution in [0, 0.1) is 5.41 Å². The molecule has 0 aromatic heterocycles. The van der Waals surface area contributed by atoms with Crippen LogP contribution in [0.3, 0.4) is 0 Å². The highest BCUT2D eigenvalue weighted by Gasteiger charge is 2.10. The highest BCUT2D eigenvalue weighted by atomic mass is 16.6. The van der Waals surface area contributed by atoms with Gasteiger partial charge in [0.15, 0.2) is 0 Å². The quantitative estimate of drug-likeness (QED) is 0.393. The Balaban J connectivity index is 2.01. The maximum Gasteiger partial charge on any atom is 0.129 e. The van der Waals surface area contributed by atoms with E-state index in [9.17, 15) is 0 Å². The second kappa shape index (κ2) is 5.35. The van der Waals surface area contributed by atoms with Gasteiger partial charge < -0.3 is 4.84 Å². The van der Waals surface area contributed by atoms with Crippen molar-refractivity contribution < 1.29 is 4.84 Å². The van der Waals surface area contributed by atoms with Crippen molar-refractivity contribution in [1.82, 2.24) is 4.90 Å². The summed E-state index contributed by atoms with van der Waals surface area (Å²) in [5, 5.41) is 3.95. The molecule has 0 radical (unpaired) electrons. The molecule has 0 amide bonds. The van der Waals surface area contributed by atoms with Crippen LogP contribution in [0.25, 0.3) is 0 Å². The Labute approximate surface area is 87.1 Å². The fourth-order valence-corrected chi connectivity index (χ4v) is 1.42. The average molecular weight is 198 g/mol. The van der Waals surface area contributed by atoms with Crippen LogP contribution in [0.5, 0.6) is 0 Å². The number of nitrogens with zero attached hydrogens (tertiary/aromatic N) is 2. The lowest BCUT2D eigenvalue weighted by molar-refractivity contribution is 0.118. The number of oxime groups is 1. The van der Waals surface area contributed by atoms with Crippen LogP contribution >= 0.6 is 0 Å². The highest BCUT2D eigenvalue weighted by molar-refractivity contribution is 5.63. The van der Waals surface area contributed by atoms with Crippen molar-refractivity contribution >= 4 is 6.21 Å². The largest absolute Gasteiger partial charge is 0.395 e. The number of rotatable bonds is 4. The van der Waals surface area contributed by atoms with Gasteiger partial charge in [0, 0.05) is 18.2 Å². The summed E-state index contributed by atoms with van der Waals surface area (Å²) in [4.78, 5) is 7.62. The zero-order valence-electron chi connectivity index (χ0n) is 9.62. The first-order chi connectivity index (χ1) is 6.58. The number of hydrogen-bond donors (Lipinski definition) is 0. The minimum absolute atomic E-state index is 0.119. The molecule has 0 atom stereocenters. The fourth-order valence-electron chi connectivity index (χ4n) is 1.42. The van der Waals surface area contributed by atoms with Gasteiger partial charge in [-0.05, 0) is 25.9 Å². The van der Waals surface area contributed by atoms with Crippen molar-refractivity contribution in [3.63, 3.8) is 0 Å². The molecule has 3 heteroatoms. The molecule has 0 aliphatic carbocycles. The molecule has 14 heavy (non-hydrogen) atoms. The average Bonchev–Trinajstić information content (AvgIpc) is 2.54. The van der Waals surface area contributed by atoms with Crippen molar-refractivity contribution in [2.75, 3.05) is 26.2 Å². The van der Waals surface area contributed by atoms with E-state index in [1.807, 2.05) is 6.21 Å². The molecule has 1 saturated heterocycles. The van der Waals surface area contributed by atoms with Gasteiger partial charge in [-0.25, -0.2) is 0 Å². The van der Waals surface area contributed by atoms with E-state index in [-0.39, 0.29) is 5.41 Å². The van der Waals surface area contributed by atoms with Crippen LogP contribution in [-0.4, -0.2) is 37.4 Å². The van der Waals surface area contributed by atoms with Gasteiger partial charge in [0.1, 0.15) is 6.61 Å². The summed E-state index contributed by atoms with van der Waals surface area (Å²) in [5.74, 6) is 0. The summed E-state index contributed by atoms with van der Waals surface area (Å²) in [6.07, 6.45) is 4.54. The van der Waals surface area contributed by atoms with Gasteiger partial charge >= 0.3 is 0 Å². The molecule has 1 aliphatic heterocycles. The number of hydrogen-bond acceptors (Lipinski definition) is 3. The molecule has 0 aromatic carbocycles. The summed E-state index contributed by atoms with van der Waals surface area (Å²) < 4.78 is 0. The lowest BCUT2D eigenvalue weighted by Crippen LogP contribution is -2.23. The highest BCUT2D eigenvalue weighted by Crippen LogP contribution is 2.08. The molecule has 0 saturated carbocycles. The molecule has 0 spiro atoms. The zero-order chi connectivity index (χ0) is 10.4. The summed E-state index contributed by atoms with van der Waals surface area (Å²) in [5.41, 5.74) is 0.119. The lowest BCUT2D eigenvalue weighted by Gasteiger charge is -2.13. The van der Waals surface area contributed by atoms with E-state index >= 15 is 0 Å². The van der Waals surface area contributed by atoms with Crippen LogP contribution in [-0.2, 0) is 4.84 Å². The van der Waals surface area contributed by atoms with Crippen molar-refractivity contribution in [1.29, 1.82) is 0 Å². The predicted molar refractivity (Wildman–Crippen MR) is 59.6 cm³/mol. The molecule has 1 rings (SSSR count). The summed E-state index contributed by atoms with van der Waals surface area (Å²) in [6, 6.07) is 0. The predicted octanol–water partition coefficient (Wildman–Crippen LogP) is 2.13. The zero-order valence-corrected chi connectivity index (χ0v) is 9.62. The van der Waals surface area contributed by atoms with Crippen LogP contribution in [0.4, 0.5) is 0 Å². The molecule has 1 heterocycles. The third kappa shape index (κ3) is 5.22. The van der Waals surface area contributed by atoms with Crippen molar-refractivity contribution in [3.05, 3.63) is 0 Å². The third-order valence-corrected chi connectivity index (χ3v) is 2.21. The van der Waals surface area contributed by atoms with Crippen molar-refractivity contribution in [2.45, 2.75) is 33.6 Å². The Morgan fingerprint density at radius 2 is 1.93 bits per heavy atom. The van der Waals surface area contributed by atoms with Gasteiger partial charge in [0.2, 0.25) is 0 Å². The van der Waals surface area contributed by atoms with E-state index in [4.69, 9.17) is 4.84 Å². The maximum atomic E-state index is 5.20. The van der Waals surface area contributed by atoms with E-state index in [0.29, 0.717) is 6.61 Å². The fraction of sp³-hybridized carbons (Fsp3) is 0.909. The van der Waals surface area contributed by atoms with Crippen molar-refractivity contribution in [3.8, 4) is 0 Å². The minimum Gasteiger partial charge on any atom is -0.395 e. The first kappa shape index (κ1) is 11.5. The standard InChI is InChI=1S/C11H22N2O/c1-11(2,3)10-12-14-9-8-13-6-4-5-7-13/h10H,4-9H2,1-3H3/b12-10+. The van der Waals surface area contributed by atoms with Gasteiger partial charge in [-0.3, -0.25) is 4.90 Å². The second-order valence-corrected chi connectivity index (χ2v) is 4.98. The Bertz CT molecular complexity index is 178. The Morgan fingerprint density at radius 1 is 1.29 bits per heavy atom. The first-order valence-electron chi connectivity index (χ1n) is 5.47. The van der Waals surface area contributed by atoms with Gasteiger partial charge in [-0.1, -0.05) is 25.9 Å². The molecular weight excluding hydrogens is 176 g/mol. The molecule has 82 valence electrons. The Morgan fingerprint density at radius 3 is 2.50 bits per heavy atom. The van der Waals surface area contributed by atoms with E-state index in [2.05, 4.69) is 30.8 Å². The van der Waals surface area contributed by atoms with E-state index in [0.717, 1.165) is 6.54 Å². The van der Waals surface area contributed by atoms with Gasteiger partial charge in [-0.15, -0.1) is 0 Å². The van der Waals surface area contributed by atoms with Crippen LogP contribution in [0.2, 0.25) is 0 Å². The summed E-state index contributed by atoms with van der Waals surface area (Å²) >= 11 is 0. The SMILES string of the molecule is CC(C)(C)/C=N/OCCN1CCCC1. The Kier molecular flexibility index (Phi) is 4.39. The summed E-state index contributed by atoms with van der Waals surface area (Å²) in [7, 11) is 0. The van der Waals surface area contributed by atoms with E-state index < -0.39 is 0 Å². The van der Waals surface area contributed by atoms with Crippen LogP contribution in [0.15, 0.2) is 5.16 Å². The van der Waals surface area contributed by atoms with Crippen LogP contribution < -0.4 is 0 Å². The topological polar surface area (TPSA) is 24.8 Å². The minimum atomic E-state index is 0.119. The normalized spacial score (nSPS) is 19.4. The van der Waals surface area contributed by atoms with E-state index in [1.54, 1.807) is 0 Å².